The average Bonchev–Trinajstić information content (AvgIpc) is 2.34. The Kier molecular flexibility index (Phi) is 3.86. The van der Waals surface area contributed by atoms with Gasteiger partial charge in [-0.3, -0.25) is 9.59 Å². The van der Waals surface area contributed by atoms with Crippen LogP contribution in [0.3, 0.4) is 0 Å². The first kappa shape index (κ1) is 12.9. The molecule has 6 heteroatoms. The molecule has 2 atom stereocenters. The molecular weight excluding hydrogens is 255 g/mol. The molecule has 0 radical (unpaired) electrons. The summed E-state index contributed by atoms with van der Waals surface area (Å²) in [6, 6.07) is 5.74. The van der Waals surface area contributed by atoms with Gasteiger partial charge in [-0.2, -0.15) is 0 Å². The lowest BCUT2D eigenvalue weighted by Gasteiger charge is -2.26. The van der Waals surface area contributed by atoms with E-state index in [1.165, 1.54) is 17.8 Å². The fourth-order valence-corrected chi connectivity index (χ4v) is 2.95. The Bertz CT molecular complexity index is 481. The topological polar surface area (TPSA) is 72.2 Å². The summed E-state index contributed by atoms with van der Waals surface area (Å²) < 4.78 is 13.5. The molecule has 1 aromatic carbocycles. The maximum Gasteiger partial charge on any atom is 0.240 e. The summed E-state index contributed by atoms with van der Waals surface area (Å²) in [5.41, 5.74) is 5.63. The predicted molar refractivity (Wildman–Crippen MR) is 67.5 cm³/mol. The van der Waals surface area contributed by atoms with Crippen LogP contribution in [0.2, 0.25) is 0 Å². The first-order chi connectivity index (χ1) is 8.58. The average molecular weight is 268 g/mol. The van der Waals surface area contributed by atoms with E-state index in [0.29, 0.717) is 17.7 Å². The fraction of sp³-hybridized carbons (Fsp3) is 0.333. The molecule has 1 saturated heterocycles. The van der Waals surface area contributed by atoms with E-state index in [1.807, 2.05) is 0 Å². The molecular formula is C12H13FN2O2S. The number of halogens is 1. The van der Waals surface area contributed by atoms with Crippen molar-refractivity contribution < 1.29 is 14.0 Å². The molecule has 96 valence electrons. The van der Waals surface area contributed by atoms with Gasteiger partial charge in [-0.05, 0) is 18.1 Å². The Morgan fingerprint density at radius 3 is 2.83 bits per heavy atom. The minimum Gasteiger partial charge on any atom is -0.368 e. The molecule has 2 rings (SSSR count). The maximum absolute atomic E-state index is 13.5. The summed E-state index contributed by atoms with van der Waals surface area (Å²) in [6.07, 6.45) is 0.314. The number of rotatable bonds is 3. The van der Waals surface area contributed by atoms with Crippen molar-refractivity contribution in [2.45, 2.75) is 17.7 Å². The Hall–Kier alpha value is -1.56. The summed E-state index contributed by atoms with van der Waals surface area (Å²) in [5, 5.41) is 2.17. The van der Waals surface area contributed by atoms with Gasteiger partial charge in [0.15, 0.2) is 0 Å². The van der Waals surface area contributed by atoms with Crippen molar-refractivity contribution in [1.29, 1.82) is 0 Å². The lowest BCUT2D eigenvalue weighted by atomic mass is 10.1. The third kappa shape index (κ3) is 2.81. The van der Waals surface area contributed by atoms with E-state index in [1.54, 1.807) is 18.2 Å². The number of nitrogens with two attached hydrogens (primary N) is 1. The highest BCUT2D eigenvalue weighted by Gasteiger charge is 2.31. The van der Waals surface area contributed by atoms with Gasteiger partial charge in [0.25, 0.3) is 0 Å². The molecule has 18 heavy (non-hydrogen) atoms. The molecule has 0 spiro atoms. The molecule has 4 nitrogen and oxygen atoms in total. The van der Waals surface area contributed by atoms with E-state index < -0.39 is 11.9 Å². The van der Waals surface area contributed by atoms with Crippen molar-refractivity contribution in [3.8, 4) is 0 Å². The number of carbonyl (C=O) groups excluding carboxylic acids is 2. The summed E-state index contributed by atoms with van der Waals surface area (Å²) in [5.74, 6) is -0.693. The molecule has 2 unspecified atom stereocenters. The summed E-state index contributed by atoms with van der Waals surface area (Å²) in [7, 11) is 0. The number of amides is 2. The molecule has 2 amide bonds. The van der Waals surface area contributed by atoms with E-state index in [0.717, 1.165) is 0 Å². The third-order valence-electron chi connectivity index (χ3n) is 2.78. The zero-order valence-corrected chi connectivity index (χ0v) is 10.4. The number of carbonyl (C=O) groups is 2. The highest BCUT2D eigenvalue weighted by atomic mass is 32.2. The molecule has 1 aliphatic rings. The Morgan fingerprint density at radius 1 is 1.50 bits per heavy atom. The van der Waals surface area contributed by atoms with Crippen LogP contribution in [0.5, 0.6) is 0 Å². The van der Waals surface area contributed by atoms with Gasteiger partial charge in [-0.15, -0.1) is 11.8 Å². The van der Waals surface area contributed by atoms with Gasteiger partial charge < -0.3 is 11.1 Å². The van der Waals surface area contributed by atoms with Crippen molar-refractivity contribution in [3.05, 3.63) is 35.6 Å². The number of nitrogens with one attached hydrogen (secondary N) is 1. The van der Waals surface area contributed by atoms with Crippen LogP contribution in [0.1, 0.15) is 5.56 Å². The van der Waals surface area contributed by atoms with Gasteiger partial charge in [0.2, 0.25) is 11.8 Å². The number of primary amides is 1. The Balaban J connectivity index is 2.02. The standard InChI is InChI=1S/C12H13FN2O2S/c13-8-4-2-1-3-7(8)5-10-12(17)15-9(6-18-10)11(14)16/h1-4,9-10H,5-6H2,(H2,14,16)(H,15,17). The van der Waals surface area contributed by atoms with E-state index in [-0.39, 0.29) is 17.0 Å². The summed E-state index contributed by atoms with van der Waals surface area (Å²) in [4.78, 5) is 22.7. The number of hydrogen-bond acceptors (Lipinski definition) is 3. The molecule has 1 aromatic rings. The van der Waals surface area contributed by atoms with Crippen LogP contribution in [-0.2, 0) is 16.0 Å². The zero-order valence-electron chi connectivity index (χ0n) is 9.56. The first-order valence-corrected chi connectivity index (χ1v) is 6.57. The lowest BCUT2D eigenvalue weighted by molar-refractivity contribution is -0.127. The van der Waals surface area contributed by atoms with Crippen LogP contribution in [0.25, 0.3) is 0 Å². The SMILES string of the molecule is NC(=O)C1CSC(Cc2ccccc2F)C(=O)N1. The molecule has 1 fully saturated rings. The monoisotopic (exact) mass is 268 g/mol. The highest BCUT2D eigenvalue weighted by Crippen LogP contribution is 2.22. The van der Waals surface area contributed by atoms with Crippen LogP contribution in [-0.4, -0.2) is 28.9 Å². The molecule has 0 saturated carbocycles. The smallest absolute Gasteiger partial charge is 0.240 e. The number of benzene rings is 1. The second-order valence-corrected chi connectivity index (χ2v) is 5.32. The van der Waals surface area contributed by atoms with E-state index in [9.17, 15) is 14.0 Å². The fourth-order valence-electron chi connectivity index (χ4n) is 1.76. The van der Waals surface area contributed by atoms with Crippen LogP contribution in [0, 0.1) is 5.82 Å². The van der Waals surface area contributed by atoms with Crippen molar-refractivity contribution in [3.63, 3.8) is 0 Å². The van der Waals surface area contributed by atoms with Gasteiger partial charge in [0.05, 0.1) is 5.25 Å². The van der Waals surface area contributed by atoms with Crippen molar-refractivity contribution in [2.24, 2.45) is 5.73 Å². The minimum atomic E-state index is -0.626. The second kappa shape index (κ2) is 5.39. The van der Waals surface area contributed by atoms with Crippen LogP contribution >= 0.6 is 11.8 Å². The molecule has 1 heterocycles. The third-order valence-corrected chi connectivity index (χ3v) is 4.09. The van der Waals surface area contributed by atoms with Gasteiger partial charge >= 0.3 is 0 Å². The van der Waals surface area contributed by atoms with E-state index in [4.69, 9.17) is 5.73 Å². The van der Waals surface area contributed by atoms with E-state index >= 15 is 0 Å². The van der Waals surface area contributed by atoms with Crippen molar-refractivity contribution in [1.82, 2.24) is 5.32 Å². The zero-order chi connectivity index (χ0) is 13.1. The lowest BCUT2D eigenvalue weighted by Crippen LogP contribution is -2.53. The highest BCUT2D eigenvalue weighted by molar-refractivity contribution is 8.00. The van der Waals surface area contributed by atoms with E-state index in [2.05, 4.69) is 5.32 Å². The summed E-state index contributed by atoms with van der Waals surface area (Å²) in [6.45, 7) is 0. The van der Waals surface area contributed by atoms with Crippen LogP contribution in [0.4, 0.5) is 4.39 Å². The number of thioether (sulfide) groups is 1. The minimum absolute atomic E-state index is 0.265. The summed E-state index contributed by atoms with van der Waals surface area (Å²) >= 11 is 1.33. The quantitative estimate of drug-likeness (QED) is 0.836. The largest absolute Gasteiger partial charge is 0.368 e. The number of hydrogen-bond donors (Lipinski definition) is 2. The molecule has 3 N–H and O–H groups in total. The van der Waals surface area contributed by atoms with Gasteiger partial charge in [-0.25, -0.2) is 4.39 Å². The molecule has 0 aromatic heterocycles. The Morgan fingerprint density at radius 2 is 2.22 bits per heavy atom. The first-order valence-electron chi connectivity index (χ1n) is 5.52. The van der Waals surface area contributed by atoms with Crippen molar-refractivity contribution in [2.75, 3.05) is 5.75 Å². The second-order valence-electron chi connectivity index (χ2n) is 4.08. The van der Waals surface area contributed by atoms with Crippen LogP contribution < -0.4 is 11.1 Å². The molecule has 0 aliphatic carbocycles. The molecule has 1 aliphatic heterocycles. The molecule has 0 bridgehead atoms. The maximum atomic E-state index is 13.5. The van der Waals surface area contributed by atoms with Gasteiger partial charge in [0, 0.05) is 5.75 Å². The van der Waals surface area contributed by atoms with Crippen LogP contribution in [0.15, 0.2) is 24.3 Å². The van der Waals surface area contributed by atoms with Gasteiger partial charge in [-0.1, -0.05) is 18.2 Å². The van der Waals surface area contributed by atoms with Crippen molar-refractivity contribution >= 4 is 23.6 Å². The van der Waals surface area contributed by atoms with Gasteiger partial charge in [0.1, 0.15) is 11.9 Å². The predicted octanol–water partition coefficient (Wildman–Crippen LogP) is 0.454. The normalized spacial score (nSPS) is 23.5. The Labute approximate surface area is 108 Å².